The Morgan fingerprint density at radius 3 is 2.43 bits per heavy atom. The summed E-state index contributed by atoms with van der Waals surface area (Å²) in [5.41, 5.74) is 2.90. The third-order valence-corrected chi connectivity index (χ3v) is 5.83. The van der Waals surface area contributed by atoms with E-state index in [4.69, 9.17) is 14.3 Å². The fraction of sp³-hybridized carbons (Fsp3) is 0.450. The number of likely N-dealkylation sites (tertiary alicyclic amines) is 1. The van der Waals surface area contributed by atoms with Crippen LogP contribution in [0, 0.1) is 0 Å². The fourth-order valence-corrected chi connectivity index (χ4v) is 4.02. The minimum atomic E-state index is -0.494. The summed E-state index contributed by atoms with van der Waals surface area (Å²) < 4.78 is 12.3. The van der Waals surface area contributed by atoms with Crippen molar-refractivity contribution in [2.45, 2.75) is 45.3 Å². The third-order valence-electron chi connectivity index (χ3n) is 4.15. The highest BCUT2D eigenvalue weighted by Gasteiger charge is 2.27. The van der Waals surface area contributed by atoms with Gasteiger partial charge in [0.2, 0.25) is 5.88 Å². The van der Waals surface area contributed by atoms with Gasteiger partial charge in [0.15, 0.2) is 0 Å². The summed E-state index contributed by atoms with van der Waals surface area (Å²) in [5, 5.41) is 8.06. The molecule has 10 heteroatoms. The van der Waals surface area contributed by atoms with Crippen LogP contribution in [0.25, 0.3) is 5.70 Å². The summed E-state index contributed by atoms with van der Waals surface area (Å²) in [4.78, 5) is 20.2. The number of ether oxygens (including phenoxy) is 2. The third kappa shape index (κ3) is 6.60. The molecule has 0 unspecified atom stereocenters. The van der Waals surface area contributed by atoms with E-state index in [1.165, 1.54) is 0 Å². The smallest absolute Gasteiger partial charge is 0.410 e. The Kier molecular flexibility index (Phi) is 7.19. The predicted octanol–water partition coefficient (Wildman–Crippen LogP) is 4.63. The Balaban J connectivity index is 1.43. The number of nitrogens with zero attached hydrogens (tertiary/aromatic N) is 3. The van der Waals surface area contributed by atoms with Gasteiger partial charge in [0, 0.05) is 38.1 Å². The number of halogens is 1. The molecule has 1 N–H and O–H groups in total. The highest BCUT2D eigenvalue weighted by molar-refractivity contribution is 9.11. The second kappa shape index (κ2) is 9.65. The maximum atomic E-state index is 12.1. The van der Waals surface area contributed by atoms with Gasteiger partial charge in [0.05, 0.1) is 14.4 Å². The first kappa shape index (κ1) is 22.4. The first-order valence-electron chi connectivity index (χ1n) is 9.55. The van der Waals surface area contributed by atoms with Crippen LogP contribution in [0.3, 0.4) is 0 Å². The lowest BCUT2D eigenvalue weighted by Gasteiger charge is -2.33. The van der Waals surface area contributed by atoms with Crippen molar-refractivity contribution < 1.29 is 19.1 Å². The molecule has 8 nitrogen and oxygen atoms in total. The molecule has 0 aliphatic carbocycles. The molecule has 1 saturated heterocycles. The van der Waals surface area contributed by atoms with Crippen LogP contribution in [0.5, 0.6) is 11.8 Å². The molecule has 0 saturated carbocycles. The van der Waals surface area contributed by atoms with Crippen LogP contribution >= 0.6 is 27.3 Å². The van der Waals surface area contributed by atoms with Gasteiger partial charge < -0.3 is 19.2 Å². The van der Waals surface area contributed by atoms with E-state index in [-0.39, 0.29) is 12.2 Å². The van der Waals surface area contributed by atoms with E-state index in [0.717, 1.165) is 8.66 Å². The van der Waals surface area contributed by atoms with Crippen LogP contribution in [-0.2, 0) is 4.74 Å². The van der Waals surface area contributed by atoms with Crippen molar-refractivity contribution in [1.82, 2.24) is 20.6 Å². The van der Waals surface area contributed by atoms with Gasteiger partial charge >= 0.3 is 6.09 Å². The van der Waals surface area contributed by atoms with E-state index in [0.29, 0.717) is 43.4 Å². The normalized spacial score (nSPS) is 14.9. The van der Waals surface area contributed by atoms with Gasteiger partial charge in [-0.3, -0.25) is 0 Å². The molecule has 0 spiro atoms. The van der Waals surface area contributed by atoms with Gasteiger partial charge in [0.1, 0.15) is 11.7 Å². The average molecular weight is 497 g/mol. The highest BCUT2D eigenvalue weighted by atomic mass is 79.9. The zero-order valence-electron chi connectivity index (χ0n) is 17.2. The first-order chi connectivity index (χ1) is 14.2. The summed E-state index contributed by atoms with van der Waals surface area (Å²) in [6.45, 7) is 10.7. The Bertz CT molecular complexity index is 874. The highest BCUT2D eigenvalue weighted by Crippen LogP contribution is 2.26. The standard InChI is InChI=1S/C20H25BrN4O4S/c1-13(15-5-6-16(21)30-15)24-29-18-8-7-17(22-23-18)27-14-9-11-25(12-10-14)19(26)28-20(2,3)4/h5-8,14,24H,1,9-12H2,2-4H3. The van der Waals surface area contributed by atoms with E-state index in [2.05, 4.69) is 38.2 Å². The number of rotatable bonds is 6. The summed E-state index contributed by atoms with van der Waals surface area (Å²) >= 11 is 4.96. The Hall–Kier alpha value is -2.33. The quantitative estimate of drug-likeness (QED) is 0.583. The van der Waals surface area contributed by atoms with Crippen LogP contribution in [-0.4, -0.2) is 46.0 Å². The van der Waals surface area contributed by atoms with Crippen molar-refractivity contribution >= 4 is 39.1 Å². The lowest BCUT2D eigenvalue weighted by molar-refractivity contribution is 0.0122. The number of nitrogens with one attached hydrogen (secondary N) is 1. The molecule has 1 fully saturated rings. The van der Waals surface area contributed by atoms with E-state index < -0.39 is 5.60 Å². The number of hydroxylamine groups is 1. The van der Waals surface area contributed by atoms with Gasteiger partial charge in [-0.2, -0.15) is 0 Å². The number of aromatic nitrogens is 2. The molecule has 1 aliphatic heterocycles. The second-order valence-corrected chi connectivity index (χ2v) is 10.2. The molecular formula is C20H25BrN4O4S. The molecule has 2 aromatic heterocycles. The molecule has 3 heterocycles. The molecule has 2 aromatic rings. The van der Waals surface area contributed by atoms with Gasteiger partial charge in [-0.15, -0.1) is 21.5 Å². The molecular weight excluding hydrogens is 472 g/mol. The lowest BCUT2D eigenvalue weighted by Crippen LogP contribution is -2.44. The number of thiophene rings is 1. The topological polar surface area (TPSA) is 85.8 Å². The van der Waals surface area contributed by atoms with Crippen molar-refractivity contribution in [2.75, 3.05) is 13.1 Å². The number of carbonyl (C=O) groups is 1. The molecule has 0 aromatic carbocycles. The molecule has 162 valence electrons. The summed E-state index contributed by atoms with van der Waals surface area (Å²) in [5.74, 6) is 0.720. The summed E-state index contributed by atoms with van der Waals surface area (Å²) in [6.07, 6.45) is 1.10. The molecule has 1 aliphatic rings. The Labute approximate surface area is 188 Å². The van der Waals surface area contributed by atoms with Crippen LogP contribution in [0.2, 0.25) is 0 Å². The number of piperidine rings is 1. The van der Waals surface area contributed by atoms with Crippen molar-refractivity contribution in [3.05, 3.63) is 39.5 Å². The summed E-state index contributed by atoms with van der Waals surface area (Å²) in [6, 6.07) is 7.25. The largest absolute Gasteiger partial charge is 0.473 e. The van der Waals surface area contributed by atoms with Crippen LogP contribution in [0.4, 0.5) is 4.79 Å². The number of hydrogen-bond donors (Lipinski definition) is 1. The number of carbonyl (C=O) groups excluding carboxylic acids is 1. The molecule has 30 heavy (non-hydrogen) atoms. The van der Waals surface area contributed by atoms with Crippen LogP contribution < -0.4 is 15.1 Å². The van der Waals surface area contributed by atoms with Gasteiger partial charge in [-0.05, 0) is 48.8 Å². The molecule has 0 bridgehead atoms. The lowest BCUT2D eigenvalue weighted by atomic mass is 10.1. The van der Waals surface area contributed by atoms with Crippen molar-refractivity contribution in [3.63, 3.8) is 0 Å². The molecule has 1 amide bonds. The fourth-order valence-electron chi connectivity index (χ4n) is 2.72. The molecule has 3 rings (SSSR count). The van der Waals surface area contributed by atoms with Gasteiger partial charge in [-0.25, -0.2) is 10.3 Å². The van der Waals surface area contributed by atoms with Gasteiger partial charge in [-0.1, -0.05) is 6.58 Å². The maximum absolute atomic E-state index is 12.1. The zero-order chi connectivity index (χ0) is 21.7. The van der Waals surface area contributed by atoms with E-state index >= 15 is 0 Å². The average Bonchev–Trinajstić information content (AvgIpc) is 3.13. The Morgan fingerprint density at radius 2 is 1.87 bits per heavy atom. The van der Waals surface area contributed by atoms with Crippen molar-refractivity contribution in [3.8, 4) is 11.8 Å². The Morgan fingerprint density at radius 1 is 1.20 bits per heavy atom. The first-order valence-corrected chi connectivity index (χ1v) is 11.2. The monoisotopic (exact) mass is 496 g/mol. The van der Waals surface area contributed by atoms with E-state index in [9.17, 15) is 4.79 Å². The van der Waals surface area contributed by atoms with E-state index in [1.54, 1.807) is 28.4 Å². The van der Waals surface area contributed by atoms with Crippen LogP contribution in [0.15, 0.2) is 34.6 Å². The van der Waals surface area contributed by atoms with E-state index in [1.807, 2.05) is 32.9 Å². The molecule has 0 atom stereocenters. The minimum Gasteiger partial charge on any atom is -0.473 e. The molecule has 0 radical (unpaired) electrons. The maximum Gasteiger partial charge on any atom is 0.410 e. The predicted molar refractivity (Wildman–Crippen MR) is 118 cm³/mol. The number of hydrogen-bond acceptors (Lipinski definition) is 8. The van der Waals surface area contributed by atoms with Gasteiger partial charge in [0.25, 0.3) is 5.88 Å². The van der Waals surface area contributed by atoms with Crippen LogP contribution in [0.1, 0.15) is 38.5 Å². The second-order valence-electron chi connectivity index (χ2n) is 7.78. The minimum absolute atomic E-state index is 0.0278. The SMILES string of the molecule is C=C(NOc1ccc(OC2CCN(C(=O)OC(C)(C)C)CC2)nn1)c1ccc(Br)s1. The van der Waals surface area contributed by atoms with Crippen molar-refractivity contribution in [2.24, 2.45) is 0 Å². The zero-order valence-corrected chi connectivity index (χ0v) is 19.6. The number of amides is 1. The summed E-state index contributed by atoms with van der Waals surface area (Å²) in [7, 11) is 0. The van der Waals surface area contributed by atoms with Crippen molar-refractivity contribution in [1.29, 1.82) is 0 Å².